The van der Waals surface area contributed by atoms with Gasteiger partial charge in [-0.05, 0) is 50.5 Å². The van der Waals surface area contributed by atoms with E-state index in [-0.39, 0.29) is 11.9 Å². The first-order valence-corrected chi connectivity index (χ1v) is 10.1. The van der Waals surface area contributed by atoms with Crippen LogP contribution < -0.4 is 0 Å². The fourth-order valence-electron chi connectivity index (χ4n) is 4.13. The van der Waals surface area contributed by atoms with Gasteiger partial charge in [0.05, 0.1) is 11.7 Å². The van der Waals surface area contributed by atoms with E-state index in [0.717, 1.165) is 52.9 Å². The minimum atomic E-state index is -0.186. The predicted octanol–water partition coefficient (Wildman–Crippen LogP) is 4.94. The van der Waals surface area contributed by atoms with Crippen molar-refractivity contribution in [3.8, 4) is 5.69 Å². The molecule has 4 aromatic rings. The number of benzene rings is 2. The van der Waals surface area contributed by atoms with Crippen LogP contribution in [0.3, 0.4) is 0 Å². The molecule has 0 radical (unpaired) electrons. The lowest BCUT2D eigenvalue weighted by Crippen LogP contribution is -2.30. The number of amides is 1. The lowest BCUT2D eigenvalue weighted by atomic mass is 10.1. The number of fused-ring (bicyclic) bond motifs is 2. The van der Waals surface area contributed by atoms with Crippen molar-refractivity contribution >= 4 is 16.9 Å². The van der Waals surface area contributed by atoms with Gasteiger partial charge in [0.1, 0.15) is 11.3 Å². The van der Waals surface area contributed by atoms with Crippen LogP contribution in [-0.2, 0) is 12.8 Å². The highest BCUT2D eigenvalue weighted by atomic mass is 16.3. The van der Waals surface area contributed by atoms with Gasteiger partial charge in [-0.25, -0.2) is 4.68 Å². The number of hydrogen-bond acceptors (Lipinski definition) is 3. The molecule has 0 saturated heterocycles. The molecule has 5 nitrogen and oxygen atoms in total. The maximum atomic E-state index is 13.4. The van der Waals surface area contributed by atoms with Gasteiger partial charge in [0.15, 0.2) is 5.69 Å². The molecule has 1 aliphatic rings. The summed E-state index contributed by atoms with van der Waals surface area (Å²) in [7, 11) is 1.82. The number of para-hydroxylation sites is 2. The van der Waals surface area contributed by atoms with E-state index >= 15 is 0 Å². The molecule has 1 unspecified atom stereocenters. The highest BCUT2D eigenvalue weighted by Crippen LogP contribution is 2.31. The maximum absolute atomic E-state index is 13.4. The summed E-state index contributed by atoms with van der Waals surface area (Å²) >= 11 is 0. The second-order valence-corrected chi connectivity index (χ2v) is 7.65. The summed E-state index contributed by atoms with van der Waals surface area (Å²) in [5.41, 5.74) is 4.64. The molecule has 1 amide bonds. The van der Waals surface area contributed by atoms with Gasteiger partial charge in [-0.15, -0.1) is 0 Å². The lowest BCUT2D eigenvalue weighted by molar-refractivity contribution is 0.0720. The van der Waals surface area contributed by atoms with E-state index in [1.807, 2.05) is 79.3 Å². The number of hydrogen-bond donors (Lipinski definition) is 0. The van der Waals surface area contributed by atoms with Crippen molar-refractivity contribution in [2.75, 3.05) is 7.05 Å². The summed E-state index contributed by atoms with van der Waals surface area (Å²) in [6, 6.07) is 19.8. The molecular weight excluding hydrogens is 362 g/mol. The molecule has 1 aliphatic carbocycles. The summed E-state index contributed by atoms with van der Waals surface area (Å²) in [4.78, 5) is 15.1. The number of furan rings is 1. The van der Waals surface area contributed by atoms with Crippen LogP contribution in [0.15, 0.2) is 65.1 Å². The Hall–Kier alpha value is -3.34. The molecule has 0 bridgehead atoms. The maximum Gasteiger partial charge on any atom is 0.275 e. The zero-order chi connectivity index (χ0) is 20.0. The molecule has 5 heteroatoms. The number of aromatic nitrogens is 2. The SMILES string of the molecule is CC(c1cc2ccccc2o1)N(C)C(=O)c1nn(-c2ccccc2)c2c1CCC2. The highest BCUT2D eigenvalue weighted by Gasteiger charge is 2.31. The molecule has 2 heterocycles. The van der Waals surface area contributed by atoms with E-state index in [1.165, 1.54) is 0 Å². The first-order valence-electron chi connectivity index (χ1n) is 10.1. The van der Waals surface area contributed by atoms with Crippen LogP contribution in [0.5, 0.6) is 0 Å². The van der Waals surface area contributed by atoms with Gasteiger partial charge >= 0.3 is 0 Å². The van der Waals surface area contributed by atoms with Crippen molar-refractivity contribution < 1.29 is 9.21 Å². The van der Waals surface area contributed by atoms with Crippen molar-refractivity contribution in [1.29, 1.82) is 0 Å². The zero-order valence-electron chi connectivity index (χ0n) is 16.6. The first-order chi connectivity index (χ1) is 14.1. The van der Waals surface area contributed by atoms with Crippen molar-refractivity contribution in [1.82, 2.24) is 14.7 Å². The van der Waals surface area contributed by atoms with Gasteiger partial charge < -0.3 is 9.32 Å². The normalized spacial score (nSPS) is 14.1. The van der Waals surface area contributed by atoms with Gasteiger partial charge in [-0.2, -0.15) is 5.10 Å². The van der Waals surface area contributed by atoms with Gasteiger partial charge in [0.25, 0.3) is 5.91 Å². The minimum absolute atomic E-state index is 0.0641. The Morgan fingerprint density at radius 3 is 2.66 bits per heavy atom. The number of carbonyl (C=O) groups excluding carboxylic acids is 1. The molecule has 2 aromatic carbocycles. The summed E-state index contributed by atoms with van der Waals surface area (Å²) in [5, 5.41) is 5.78. The molecule has 0 spiro atoms. The monoisotopic (exact) mass is 385 g/mol. The first kappa shape index (κ1) is 17.7. The number of carbonyl (C=O) groups is 1. The average molecular weight is 385 g/mol. The molecule has 146 valence electrons. The Labute approximate surface area is 169 Å². The van der Waals surface area contributed by atoms with Crippen molar-refractivity contribution in [2.45, 2.75) is 32.2 Å². The van der Waals surface area contributed by atoms with Gasteiger partial charge in [-0.3, -0.25) is 4.79 Å². The van der Waals surface area contributed by atoms with Crippen LogP contribution in [0.2, 0.25) is 0 Å². The van der Waals surface area contributed by atoms with Crippen LogP contribution in [0.4, 0.5) is 0 Å². The van der Waals surface area contributed by atoms with Crippen LogP contribution in [0.25, 0.3) is 16.7 Å². The van der Waals surface area contributed by atoms with E-state index < -0.39 is 0 Å². The lowest BCUT2D eigenvalue weighted by Gasteiger charge is -2.22. The summed E-state index contributed by atoms with van der Waals surface area (Å²) < 4.78 is 7.92. The van der Waals surface area contributed by atoms with Gasteiger partial charge in [0, 0.05) is 23.7 Å². The Balaban J connectivity index is 1.48. The predicted molar refractivity (Wildman–Crippen MR) is 112 cm³/mol. The van der Waals surface area contributed by atoms with Gasteiger partial charge in [0.2, 0.25) is 0 Å². The number of nitrogens with zero attached hydrogens (tertiary/aromatic N) is 3. The molecule has 0 fully saturated rings. The minimum Gasteiger partial charge on any atom is -0.459 e. The summed E-state index contributed by atoms with van der Waals surface area (Å²) in [6.07, 6.45) is 2.91. The van der Waals surface area contributed by atoms with Gasteiger partial charge in [-0.1, -0.05) is 36.4 Å². The standard InChI is InChI=1S/C24H23N3O2/c1-16(22-15-17-9-6-7-14-21(17)29-22)26(2)24(28)23-19-12-8-13-20(19)27(25-23)18-10-4-3-5-11-18/h3-7,9-11,14-16H,8,12-13H2,1-2H3. The molecule has 0 N–H and O–H groups in total. The molecule has 1 atom stereocenters. The molecule has 29 heavy (non-hydrogen) atoms. The summed E-state index contributed by atoms with van der Waals surface area (Å²) in [5.74, 6) is 0.715. The average Bonchev–Trinajstić information content (AvgIpc) is 3.47. The van der Waals surface area contributed by atoms with E-state index in [0.29, 0.717) is 5.69 Å². The third-order valence-corrected chi connectivity index (χ3v) is 5.89. The Morgan fingerprint density at radius 2 is 1.86 bits per heavy atom. The highest BCUT2D eigenvalue weighted by molar-refractivity contribution is 5.94. The Bertz CT molecular complexity index is 1160. The quantitative estimate of drug-likeness (QED) is 0.500. The second kappa shape index (κ2) is 6.92. The largest absolute Gasteiger partial charge is 0.459 e. The fourth-order valence-corrected chi connectivity index (χ4v) is 4.13. The van der Waals surface area contributed by atoms with E-state index in [9.17, 15) is 4.79 Å². The molecule has 5 rings (SSSR count). The molecule has 0 saturated carbocycles. The topological polar surface area (TPSA) is 51.3 Å². The number of rotatable bonds is 4. The van der Waals surface area contributed by atoms with Crippen LogP contribution in [-0.4, -0.2) is 27.6 Å². The Kier molecular flexibility index (Phi) is 4.23. The van der Waals surface area contributed by atoms with Crippen molar-refractivity contribution in [3.63, 3.8) is 0 Å². The van der Waals surface area contributed by atoms with Crippen LogP contribution >= 0.6 is 0 Å². The van der Waals surface area contributed by atoms with E-state index in [4.69, 9.17) is 9.52 Å². The van der Waals surface area contributed by atoms with Crippen molar-refractivity contribution in [3.05, 3.63) is 83.4 Å². The third kappa shape index (κ3) is 2.94. The third-order valence-electron chi connectivity index (χ3n) is 5.89. The molecule has 0 aliphatic heterocycles. The van der Waals surface area contributed by atoms with E-state index in [2.05, 4.69) is 0 Å². The van der Waals surface area contributed by atoms with Crippen LogP contribution in [0.1, 0.15) is 46.9 Å². The molecular formula is C24H23N3O2. The molecule has 2 aromatic heterocycles. The van der Waals surface area contributed by atoms with Crippen LogP contribution in [0, 0.1) is 0 Å². The van der Waals surface area contributed by atoms with E-state index in [1.54, 1.807) is 4.90 Å². The fraction of sp³-hybridized carbons (Fsp3) is 0.250. The Morgan fingerprint density at radius 1 is 1.10 bits per heavy atom. The zero-order valence-corrected chi connectivity index (χ0v) is 16.6. The second-order valence-electron chi connectivity index (χ2n) is 7.65. The smallest absolute Gasteiger partial charge is 0.275 e. The summed E-state index contributed by atoms with van der Waals surface area (Å²) in [6.45, 7) is 1.99. The van der Waals surface area contributed by atoms with Crippen molar-refractivity contribution in [2.24, 2.45) is 0 Å².